The molecular weight excluding hydrogens is 546 g/mol. The number of aromatic nitrogens is 1. The van der Waals surface area contributed by atoms with E-state index in [1.165, 1.54) is 46.0 Å². The Balaban J connectivity index is 1.61. The van der Waals surface area contributed by atoms with Gasteiger partial charge in [-0.25, -0.2) is 9.71 Å². The molecule has 1 aliphatic heterocycles. The first kappa shape index (κ1) is 32.6. The number of ether oxygens (including phenoxy) is 1. The van der Waals surface area contributed by atoms with E-state index in [2.05, 4.69) is 26.8 Å². The third kappa shape index (κ3) is 9.82. The Bertz CT molecular complexity index is 1250. The van der Waals surface area contributed by atoms with Crippen molar-refractivity contribution in [2.45, 2.75) is 83.7 Å². The van der Waals surface area contributed by atoms with Crippen molar-refractivity contribution >= 4 is 22.0 Å². The van der Waals surface area contributed by atoms with Crippen molar-refractivity contribution in [2.75, 3.05) is 34.3 Å². The summed E-state index contributed by atoms with van der Waals surface area (Å²) in [5, 5.41) is 2.95. The molecule has 0 unspecified atom stereocenters. The molecule has 2 amide bonds. The molecule has 0 bridgehead atoms. The zero-order chi connectivity index (χ0) is 29.8. The van der Waals surface area contributed by atoms with Crippen LogP contribution in [0.2, 0.25) is 0 Å². The molecule has 11 nitrogen and oxygen atoms in total. The van der Waals surface area contributed by atoms with E-state index >= 15 is 0 Å². The van der Waals surface area contributed by atoms with Crippen LogP contribution in [0.1, 0.15) is 98.3 Å². The number of nitrogens with one attached hydrogen (secondary N) is 2. The first-order chi connectivity index (χ1) is 19.6. The van der Waals surface area contributed by atoms with Crippen molar-refractivity contribution in [3.8, 4) is 5.75 Å². The van der Waals surface area contributed by atoms with Crippen LogP contribution in [0.4, 0.5) is 0 Å². The maximum absolute atomic E-state index is 12.6. The van der Waals surface area contributed by atoms with Crippen molar-refractivity contribution in [2.24, 2.45) is 0 Å². The molecule has 1 saturated heterocycles. The normalized spacial score (nSPS) is 15.8. The average molecular weight is 592 g/mol. The maximum Gasteiger partial charge on any atom is 0.303 e. The number of methoxy groups -OCH3 is 1. The van der Waals surface area contributed by atoms with E-state index in [9.17, 15) is 18.0 Å². The van der Waals surface area contributed by atoms with Gasteiger partial charge in [-0.3, -0.25) is 14.5 Å². The molecule has 1 fully saturated rings. The van der Waals surface area contributed by atoms with Gasteiger partial charge in [0.2, 0.25) is 11.8 Å². The summed E-state index contributed by atoms with van der Waals surface area (Å²) >= 11 is 0. The molecule has 1 atom stereocenters. The van der Waals surface area contributed by atoms with E-state index < -0.39 is 16.1 Å². The monoisotopic (exact) mass is 591 g/mol. The van der Waals surface area contributed by atoms with Gasteiger partial charge in [-0.1, -0.05) is 45.1 Å². The Morgan fingerprint density at radius 1 is 1.15 bits per heavy atom. The summed E-state index contributed by atoms with van der Waals surface area (Å²) in [6.45, 7) is 4.21. The second-order valence-corrected chi connectivity index (χ2v) is 12.6. The lowest BCUT2D eigenvalue weighted by atomic mass is 10.0. The summed E-state index contributed by atoms with van der Waals surface area (Å²) in [7, 11) is 0.494. The lowest BCUT2D eigenvalue weighted by molar-refractivity contribution is -0.119. The Morgan fingerprint density at radius 3 is 2.63 bits per heavy atom. The average Bonchev–Trinajstić information content (AvgIpc) is 3.61. The molecule has 12 heteroatoms. The van der Waals surface area contributed by atoms with Crippen molar-refractivity contribution in [3.05, 3.63) is 47.2 Å². The minimum Gasteiger partial charge on any atom is -0.497 e. The number of oxazole rings is 1. The Hall–Kier alpha value is -2.96. The van der Waals surface area contributed by atoms with Gasteiger partial charge >= 0.3 is 10.2 Å². The van der Waals surface area contributed by atoms with E-state index in [-0.39, 0.29) is 18.4 Å². The number of carbonyl (C=O) groups is 2. The van der Waals surface area contributed by atoms with Crippen molar-refractivity contribution in [1.82, 2.24) is 24.2 Å². The number of carbonyl (C=O) groups excluding carboxylic acids is 2. The minimum atomic E-state index is -3.84. The van der Waals surface area contributed by atoms with Crippen LogP contribution in [0.25, 0.3) is 0 Å². The van der Waals surface area contributed by atoms with Crippen LogP contribution in [0, 0.1) is 0 Å². The molecular formula is C29H45N5O6S. The van der Waals surface area contributed by atoms with Gasteiger partial charge < -0.3 is 14.5 Å². The maximum atomic E-state index is 12.6. The summed E-state index contributed by atoms with van der Waals surface area (Å²) in [6.07, 6.45) is 10.6. The van der Waals surface area contributed by atoms with Crippen molar-refractivity contribution < 1.29 is 27.2 Å². The number of nitrogens with zero attached hydrogens (tertiary/aromatic N) is 3. The second kappa shape index (κ2) is 15.9. The Labute approximate surface area is 244 Å². The molecule has 0 aliphatic carbocycles. The number of rotatable bonds is 17. The zero-order valence-electron chi connectivity index (χ0n) is 24.8. The number of hydrogen-bond donors (Lipinski definition) is 2. The van der Waals surface area contributed by atoms with Crippen LogP contribution in [0.5, 0.6) is 5.75 Å². The summed E-state index contributed by atoms with van der Waals surface area (Å²) in [6, 6.07) is 5.60. The van der Waals surface area contributed by atoms with E-state index in [0.717, 1.165) is 47.7 Å². The number of amides is 2. The number of aryl methyl sites for hydroxylation is 1. The number of benzene rings is 1. The largest absolute Gasteiger partial charge is 0.497 e. The first-order valence-corrected chi connectivity index (χ1v) is 15.9. The van der Waals surface area contributed by atoms with E-state index in [4.69, 9.17) is 9.15 Å². The highest BCUT2D eigenvalue weighted by molar-refractivity contribution is 7.87. The molecule has 0 spiro atoms. The van der Waals surface area contributed by atoms with Crippen LogP contribution >= 0.6 is 0 Å². The summed E-state index contributed by atoms with van der Waals surface area (Å²) in [5.41, 5.74) is 2.19. The second-order valence-electron chi connectivity index (χ2n) is 10.7. The Kier molecular flexibility index (Phi) is 12.6. The molecule has 0 radical (unpaired) electrons. The van der Waals surface area contributed by atoms with Crippen LogP contribution in [-0.2, 0) is 28.0 Å². The van der Waals surface area contributed by atoms with Gasteiger partial charge in [-0.15, -0.1) is 0 Å². The quantitative estimate of drug-likeness (QED) is 0.264. The molecule has 1 aromatic carbocycles. The van der Waals surface area contributed by atoms with Gasteiger partial charge in [0.1, 0.15) is 12.0 Å². The van der Waals surface area contributed by atoms with Gasteiger partial charge in [0.15, 0.2) is 5.69 Å². The smallest absolute Gasteiger partial charge is 0.303 e. The van der Waals surface area contributed by atoms with Crippen LogP contribution in [-0.4, -0.2) is 68.7 Å². The van der Waals surface area contributed by atoms with Crippen LogP contribution in [0.15, 0.2) is 28.9 Å². The summed E-state index contributed by atoms with van der Waals surface area (Å²) in [5.74, 6) is 0.425. The molecule has 3 rings (SSSR count). The predicted octanol–water partition coefficient (Wildman–Crippen LogP) is 3.97. The van der Waals surface area contributed by atoms with E-state index in [0.29, 0.717) is 36.8 Å². The standard InChI is InChI=1S/C29H45N5O6S/c1-5-6-7-8-9-10-17-30-28(36)25-21-40-29(31-25)26-12-11-18-34(26)20-23-19-24(39-4)15-13-22(23)14-16-27(35)32-41(37,38)33(2)3/h13,15,19,21,26H,5-12,14,16-18,20H2,1-4H3,(H,30,36)(H,32,35)/t26-/m0/s1. The molecule has 228 valence electrons. The highest BCUT2D eigenvalue weighted by Crippen LogP contribution is 2.34. The third-order valence-electron chi connectivity index (χ3n) is 7.35. The Morgan fingerprint density at radius 2 is 1.90 bits per heavy atom. The molecule has 41 heavy (non-hydrogen) atoms. The fraction of sp³-hybridized carbons (Fsp3) is 0.621. The molecule has 1 aromatic heterocycles. The zero-order valence-corrected chi connectivity index (χ0v) is 25.6. The first-order valence-electron chi connectivity index (χ1n) is 14.5. The van der Waals surface area contributed by atoms with Crippen molar-refractivity contribution in [3.63, 3.8) is 0 Å². The van der Waals surface area contributed by atoms with Gasteiger partial charge in [-0.05, 0) is 55.5 Å². The predicted molar refractivity (Wildman–Crippen MR) is 157 cm³/mol. The van der Waals surface area contributed by atoms with Gasteiger partial charge in [-0.2, -0.15) is 12.7 Å². The number of unbranched alkanes of at least 4 members (excludes halogenated alkanes) is 5. The fourth-order valence-corrected chi connectivity index (χ4v) is 5.48. The highest BCUT2D eigenvalue weighted by Gasteiger charge is 2.31. The summed E-state index contributed by atoms with van der Waals surface area (Å²) < 4.78 is 38.2. The number of hydrogen-bond acceptors (Lipinski definition) is 8. The number of likely N-dealkylation sites (tertiary alicyclic amines) is 1. The SMILES string of the molecule is CCCCCCCCNC(=O)c1coc([C@@H]2CCCN2Cc2cc(OC)ccc2CCC(=O)NS(=O)(=O)N(C)C)n1. The molecule has 0 saturated carbocycles. The topological polar surface area (TPSA) is 134 Å². The lowest BCUT2D eigenvalue weighted by Crippen LogP contribution is -2.39. The van der Waals surface area contributed by atoms with Gasteiger partial charge in [0.05, 0.1) is 13.2 Å². The highest BCUT2D eigenvalue weighted by atomic mass is 32.2. The fourth-order valence-electron chi connectivity index (χ4n) is 4.91. The van der Waals surface area contributed by atoms with E-state index in [1.54, 1.807) is 7.11 Å². The van der Waals surface area contributed by atoms with Gasteiger partial charge in [0, 0.05) is 33.6 Å². The lowest BCUT2D eigenvalue weighted by Gasteiger charge is -2.24. The molecule has 2 N–H and O–H groups in total. The minimum absolute atomic E-state index is 0.0206. The summed E-state index contributed by atoms with van der Waals surface area (Å²) in [4.78, 5) is 31.7. The van der Waals surface area contributed by atoms with Crippen LogP contribution in [0.3, 0.4) is 0 Å². The molecule has 2 aromatic rings. The van der Waals surface area contributed by atoms with Crippen molar-refractivity contribution in [1.29, 1.82) is 0 Å². The molecule has 2 heterocycles. The molecule has 1 aliphatic rings. The van der Waals surface area contributed by atoms with Crippen LogP contribution < -0.4 is 14.8 Å². The van der Waals surface area contributed by atoms with E-state index in [1.807, 2.05) is 18.2 Å². The third-order valence-corrected chi connectivity index (χ3v) is 8.80. The van der Waals surface area contributed by atoms with Gasteiger partial charge in [0.25, 0.3) is 5.91 Å².